The zero-order chi connectivity index (χ0) is 19.7. The molecule has 0 aliphatic heterocycles. The van der Waals surface area contributed by atoms with Crippen LogP contribution in [0.1, 0.15) is 12.2 Å². The Kier molecular flexibility index (Phi) is 5.68. The predicted octanol–water partition coefficient (Wildman–Crippen LogP) is 4.84. The highest BCUT2D eigenvalue weighted by molar-refractivity contribution is 8.01. The van der Waals surface area contributed by atoms with Gasteiger partial charge in [-0.2, -0.15) is 0 Å². The number of imidazole rings is 1. The standard InChI is InChI=1S/C19H21N5OS3/c1-11-22-10-14(24(11)2)12-9-13(17-21-5-8-26-17)23-18-15(12)16(20)19(28-18)27-7-4-6-25-3/h5,8-10H,4,6-7,20H2,1-3H3. The summed E-state index contributed by atoms with van der Waals surface area (Å²) < 4.78 is 8.34. The number of aryl methyl sites for hydroxylation is 1. The summed E-state index contributed by atoms with van der Waals surface area (Å²) >= 11 is 5.00. The van der Waals surface area contributed by atoms with Gasteiger partial charge in [-0.3, -0.25) is 0 Å². The van der Waals surface area contributed by atoms with E-state index in [2.05, 4.69) is 20.6 Å². The smallest absolute Gasteiger partial charge is 0.141 e. The van der Waals surface area contributed by atoms with E-state index in [9.17, 15) is 0 Å². The highest BCUT2D eigenvalue weighted by atomic mass is 32.2. The third kappa shape index (κ3) is 3.55. The number of rotatable bonds is 7. The van der Waals surface area contributed by atoms with Crippen LogP contribution in [-0.2, 0) is 11.8 Å². The predicted molar refractivity (Wildman–Crippen MR) is 119 cm³/mol. The molecule has 0 spiro atoms. The van der Waals surface area contributed by atoms with E-state index in [0.717, 1.165) is 66.7 Å². The molecule has 0 bridgehead atoms. The lowest BCUT2D eigenvalue weighted by molar-refractivity contribution is 0.200. The molecule has 146 valence electrons. The second-order valence-electron chi connectivity index (χ2n) is 6.32. The number of hydrogen-bond acceptors (Lipinski definition) is 8. The van der Waals surface area contributed by atoms with Crippen molar-refractivity contribution in [1.82, 2.24) is 19.5 Å². The maximum atomic E-state index is 6.59. The number of thiophene rings is 1. The van der Waals surface area contributed by atoms with Crippen molar-refractivity contribution in [3.05, 3.63) is 29.7 Å². The summed E-state index contributed by atoms with van der Waals surface area (Å²) in [7, 11) is 3.75. The Morgan fingerprint density at radius 1 is 1.32 bits per heavy atom. The molecule has 0 atom stereocenters. The molecule has 4 rings (SSSR count). The van der Waals surface area contributed by atoms with Crippen LogP contribution in [0.15, 0.2) is 28.0 Å². The molecule has 4 aromatic heterocycles. The average molecular weight is 432 g/mol. The second-order valence-corrected chi connectivity index (χ2v) is 9.58. The van der Waals surface area contributed by atoms with Crippen LogP contribution in [0, 0.1) is 6.92 Å². The van der Waals surface area contributed by atoms with Gasteiger partial charge in [0.15, 0.2) is 0 Å². The Bertz CT molecular complexity index is 1100. The normalized spacial score (nSPS) is 11.5. The Labute approximate surface area is 175 Å². The number of nitrogen functional groups attached to an aromatic ring is 1. The van der Waals surface area contributed by atoms with Gasteiger partial charge in [-0.15, -0.1) is 34.4 Å². The molecule has 0 aromatic carbocycles. The minimum Gasteiger partial charge on any atom is -0.397 e. The molecule has 0 unspecified atom stereocenters. The van der Waals surface area contributed by atoms with Crippen LogP contribution in [0.3, 0.4) is 0 Å². The highest BCUT2D eigenvalue weighted by Gasteiger charge is 2.20. The molecule has 0 fully saturated rings. The van der Waals surface area contributed by atoms with Crippen LogP contribution in [0.5, 0.6) is 0 Å². The van der Waals surface area contributed by atoms with Crippen molar-refractivity contribution < 1.29 is 4.74 Å². The molecular weight excluding hydrogens is 410 g/mol. The first-order valence-corrected chi connectivity index (χ1v) is 11.5. The summed E-state index contributed by atoms with van der Waals surface area (Å²) in [5.41, 5.74) is 10.3. The largest absolute Gasteiger partial charge is 0.397 e. The lowest BCUT2D eigenvalue weighted by Crippen LogP contribution is -1.97. The molecule has 0 saturated heterocycles. The zero-order valence-corrected chi connectivity index (χ0v) is 18.4. The number of thiazole rings is 1. The van der Waals surface area contributed by atoms with Crippen LogP contribution in [-0.4, -0.2) is 39.0 Å². The molecular formula is C19H21N5OS3. The molecule has 0 aliphatic rings. The van der Waals surface area contributed by atoms with Gasteiger partial charge in [0, 0.05) is 49.0 Å². The van der Waals surface area contributed by atoms with E-state index in [1.807, 2.05) is 25.5 Å². The van der Waals surface area contributed by atoms with Gasteiger partial charge in [0.05, 0.1) is 21.8 Å². The van der Waals surface area contributed by atoms with Crippen molar-refractivity contribution in [2.45, 2.75) is 17.6 Å². The first-order chi connectivity index (χ1) is 13.6. The average Bonchev–Trinajstić information content (AvgIpc) is 3.40. The minimum absolute atomic E-state index is 0.754. The van der Waals surface area contributed by atoms with Crippen LogP contribution in [0.4, 0.5) is 5.69 Å². The molecule has 0 radical (unpaired) electrons. The number of pyridine rings is 1. The van der Waals surface area contributed by atoms with Crippen molar-refractivity contribution in [2.24, 2.45) is 7.05 Å². The van der Waals surface area contributed by atoms with Gasteiger partial charge in [-0.1, -0.05) is 0 Å². The number of hydrogen-bond donors (Lipinski definition) is 1. The fourth-order valence-electron chi connectivity index (χ4n) is 2.99. The summed E-state index contributed by atoms with van der Waals surface area (Å²) in [5, 5.41) is 3.88. The van der Waals surface area contributed by atoms with Crippen molar-refractivity contribution in [1.29, 1.82) is 0 Å². The lowest BCUT2D eigenvalue weighted by atomic mass is 10.1. The van der Waals surface area contributed by atoms with E-state index in [1.165, 1.54) is 0 Å². The van der Waals surface area contributed by atoms with Crippen molar-refractivity contribution in [2.75, 3.05) is 25.2 Å². The van der Waals surface area contributed by atoms with Gasteiger partial charge >= 0.3 is 0 Å². The SMILES string of the molecule is COCCCSc1sc2nc(-c3nccs3)cc(-c3cnc(C)n3C)c2c1N. The molecule has 9 heteroatoms. The van der Waals surface area contributed by atoms with E-state index >= 15 is 0 Å². The van der Waals surface area contributed by atoms with Crippen molar-refractivity contribution in [3.8, 4) is 22.0 Å². The molecule has 0 aliphatic carbocycles. The number of nitrogens with zero attached hydrogens (tertiary/aromatic N) is 4. The van der Waals surface area contributed by atoms with Gasteiger partial charge in [0.2, 0.25) is 0 Å². The third-order valence-electron chi connectivity index (χ3n) is 4.54. The molecule has 4 aromatic rings. The molecule has 6 nitrogen and oxygen atoms in total. The molecule has 2 N–H and O–H groups in total. The van der Waals surface area contributed by atoms with Crippen LogP contribution >= 0.6 is 34.4 Å². The summed E-state index contributed by atoms with van der Waals surface area (Å²) in [6.07, 6.45) is 4.69. The maximum absolute atomic E-state index is 6.59. The molecule has 28 heavy (non-hydrogen) atoms. The Morgan fingerprint density at radius 2 is 2.18 bits per heavy atom. The monoisotopic (exact) mass is 431 g/mol. The number of thioether (sulfide) groups is 1. The van der Waals surface area contributed by atoms with E-state index in [0.29, 0.717) is 0 Å². The molecule has 0 saturated carbocycles. The van der Waals surface area contributed by atoms with Gasteiger partial charge in [-0.05, 0) is 19.4 Å². The van der Waals surface area contributed by atoms with Gasteiger partial charge in [0.25, 0.3) is 0 Å². The molecule has 0 amide bonds. The molecule has 4 heterocycles. The van der Waals surface area contributed by atoms with E-state index in [-0.39, 0.29) is 0 Å². The van der Waals surface area contributed by atoms with Gasteiger partial charge in [0.1, 0.15) is 21.4 Å². The lowest BCUT2D eigenvalue weighted by Gasteiger charge is -2.08. The summed E-state index contributed by atoms with van der Waals surface area (Å²) in [6, 6.07) is 2.08. The van der Waals surface area contributed by atoms with E-state index in [1.54, 1.807) is 47.7 Å². The number of fused-ring (bicyclic) bond motifs is 1. The Balaban J connectivity index is 1.86. The number of nitrogens with two attached hydrogens (primary N) is 1. The summed E-state index contributed by atoms with van der Waals surface area (Å²) in [6.45, 7) is 2.75. The van der Waals surface area contributed by atoms with Gasteiger partial charge in [-0.25, -0.2) is 15.0 Å². The second kappa shape index (κ2) is 8.20. The quantitative estimate of drug-likeness (QED) is 0.333. The fraction of sp³-hybridized carbons (Fsp3) is 0.316. The number of methoxy groups -OCH3 is 1. The summed E-state index contributed by atoms with van der Waals surface area (Å²) in [5.74, 6) is 1.92. The van der Waals surface area contributed by atoms with Crippen molar-refractivity contribution in [3.63, 3.8) is 0 Å². The summed E-state index contributed by atoms with van der Waals surface area (Å²) in [4.78, 5) is 14.7. The Hall–Kier alpha value is -1.94. The van der Waals surface area contributed by atoms with Crippen molar-refractivity contribution >= 4 is 50.3 Å². The zero-order valence-electron chi connectivity index (χ0n) is 15.9. The maximum Gasteiger partial charge on any atom is 0.141 e. The number of ether oxygens (including phenoxy) is 1. The van der Waals surface area contributed by atoms with E-state index in [4.69, 9.17) is 15.5 Å². The van der Waals surface area contributed by atoms with Crippen LogP contribution in [0.2, 0.25) is 0 Å². The van der Waals surface area contributed by atoms with Crippen LogP contribution in [0.25, 0.3) is 32.2 Å². The Morgan fingerprint density at radius 3 is 2.86 bits per heavy atom. The minimum atomic E-state index is 0.754. The van der Waals surface area contributed by atoms with Gasteiger partial charge < -0.3 is 15.0 Å². The topological polar surface area (TPSA) is 78.9 Å². The first kappa shape index (κ1) is 19.4. The fourth-order valence-corrected chi connectivity index (χ4v) is 5.87. The first-order valence-electron chi connectivity index (χ1n) is 8.83. The third-order valence-corrected chi connectivity index (χ3v) is 7.81. The number of anilines is 1. The highest BCUT2D eigenvalue weighted by Crippen LogP contribution is 2.45. The number of aromatic nitrogens is 4. The van der Waals surface area contributed by atoms with E-state index < -0.39 is 0 Å². The van der Waals surface area contributed by atoms with Crippen LogP contribution < -0.4 is 5.73 Å².